The van der Waals surface area contributed by atoms with E-state index in [0.717, 1.165) is 37.4 Å². The van der Waals surface area contributed by atoms with Gasteiger partial charge in [-0.25, -0.2) is 4.79 Å². The smallest absolute Gasteiger partial charge is 0.318 e. The summed E-state index contributed by atoms with van der Waals surface area (Å²) in [5.74, 6) is 0.720. The highest BCUT2D eigenvalue weighted by Gasteiger charge is 2.61. The maximum absolute atomic E-state index is 13.3. The van der Waals surface area contributed by atoms with Crippen molar-refractivity contribution >= 4 is 6.03 Å². The number of pyridine rings is 1. The molecular weight excluding hydrogens is 338 g/mol. The Balaban J connectivity index is 1.47. The van der Waals surface area contributed by atoms with Crippen LogP contribution < -0.4 is 5.32 Å². The Morgan fingerprint density at radius 1 is 1.37 bits per heavy atom. The van der Waals surface area contributed by atoms with Gasteiger partial charge in [0.1, 0.15) is 0 Å². The first kappa shape index (κ1) is 18.7. The Bertz CT molecular complexity index is 671. The van der Waals surface area contributed by atoms with Gasteiger partial charge in [0.15, 0.2) is 0 Å². The summed E-state index contributed by atoms with van der Waals surface area (Å²) in [6.45, 7) is 9.18. The van der Waals surface area contributed by atoms with Crippen molar-refractivity contribution in [3.63, 3.8) is 0 Å². The van der Waals surface area contributed by atoms with Crippen molar-refractivity contribution in [2.75, 3.05) is 13.2 Å². The molecule has 2 amide bonds. The molecule has 4 atom stereocenters. The number of hydrogen-bond acceptors (Lipinski definition) is 3. The molecule has 148 valence electrons. The molecule has 1 aliphatic heterocycles. The number of nitrogens with one attached hydrogen (secondary N) is 1. The van der Waals surface area contributed by atoms with Crippen LogP contribution in [0.1, 0.15) is 58.4 Å². The van der Waals surface area contributed by atoms with Crippen LogP contribution in [0, 0.1) is 16.7 Å². The number of rotatable bonds is 5. The second-order valence-electron chi connectivity index (χ2n) is 9.49. The molecule has 0 aromatic carbocycles. The van der Waals surface area contributed by atoms with Crippen LogP contribution in [0.2, 0.25) is 0 Å². The molecule has 1 aromatic heterocycles. The monoisotopic (exact) mass is 371 g/mol. The van der Waals surface area contributed by atoms with Crippen molar-refractivity contribution in [3.05, 3.63) is 30.1 Å². The number of nitrogens with zero attached hydrogens (tertiary/aromatic N) is 2. The third kappa shape index (κ3) is 3.35. The van der Waals surface area contributed by atoms with Gasteiger partial charge in [0.25, 0.3) is 0 Å². The van der Waals surface area contributed by atoms with Gasteiger partial charge in [-0.1, -0.05) is 26.8 Å². The van der Waals surface area contributed by atoms with E-state index in [1.54, 1.807) is 6.20 Å². The van der Waals surface area contributed by atoms with E-state index in [0.29, 0.717) is 18.5 Å². The Morgan fingerprint density at radius 3 is 2.81 bits per heavy atom. The van der Waals surface area contributed by atoms with Crippen LogP contribution in [0.15, 0.2) is 24.5 Å². The Kier molecular flexibility index (Phi) is 4.91. The molecule has 1 saturated heterocycles. The molecule has 2 saturated carbocycles. The van der Waals surface area contributed by atoms with Gasteiger partial charge in [0, 0.05) is 38.1 Å². The van der Waals surface area contributed by atoms with E-state index in [-0.39, 0.29) is 23.6 Å². The average Bonchev–Trinajstić information content (AvgIpc) is 3.28. The highest BCUT2D eigenvalue weighted by molar-refractivity contribution is 5.75. The molecule has 0 spiro atoms. The van der Waals surface area contributed by atoms with E-state index in [9.17, 15) is 4.79 Å². The van der Waals surface area contributed by atoms with Gasteiger partial charge in [-0.05, 0) is 60.5 Å². The zero-order valence-electron chi connectivity index (χ0n) is 16.9. The van der Waals surface area contributed by atoms with Crippen molar-refractivity contribution in [2.45, 2.75) is 71.6 Å². The number of amides is 2. The summed E-state index contributed by atoms with van der Waals surface area (Å²) in [5.41, 5.74) is 1.55. The van der Waals surface area contributed by atoms with E-state index in [1.807, 2.05) is 23.2 Å². The zero-order chi connectivity index (χ0) is 19.1. The zero-order valence-corrected chi connectivity index (χ0v) is 16.9. The highest BCUT2D eigenvalue weighted by Crippen LogP contribution is 2.65. The second-order valence-corrected chi connectivity index (χ2v) is 9.49. The second kappa shape index (κ2) is 7.08. The first-order chi connectivity index (χ1) is 12.9. The predicted octanol–water partition coefficient (Wildman–Crippen LogP) is 3.99. The lowest BCUT2D eigenvalue weighted by atomic mass is 9.69. The summed E-state index contributed by atoms with van der Waals surface area (Å²) in [4.78, 5) is 19.4. The molecule has 5 nitrogen and oxygen atoms in total. The van der Waals surface area contributed by atoms with Crippen LogP contribution in [0.5, 0.6) is 0 Å². The fourth-order valence-corrected chi connectivity index (χ4v) is 5.63. The SMILES string of the molecule is CC1(C)[C@H]2CC[C@@]1(C)[C@H](NC(=O)N(Cc1cccnc1)C[C@@H]1CCCO1)C2. The first-order valence-electron chi connectivity index (χ1n) is 10.5. The summed E-state index contributed by atoms with van der Waals surface area (Å²) < 4.78 is 5.81. The van der Waals surface area contributed by atoms with Crippen molar-refractivity contribution in [1.29, 1.82) is 0 Å². The normalized spacial score (nSPS) is 34.0. The third-order valence-electron chi connectivity index (χ3n) is 7.92. The maximum atomic E-state index is 13.3. The molecule has 1 aromatic rings. The maximum Gasteiger partial charge on any atom is 0.318 e. The minimum absolute atomic E-state index is 0.0453. The van der Waals surface area contributed by atoms with Gasteiger partial charge < -0.3 is 15.0 Å². The standard InChI is InChI=1S/C22H33N3O2/c1-21(2)17-8-9-22(21,3)19(12-17)24-20(26)25(15-18-7-5-11-27-18)14-16-6-4-10-23-13-16/h4,6,10,13,17-19H,5,7-9,11-12,14-15H2,1-3H3,(H,24,26)/t17-,18-,19+,22-/m0/s1. The Hall–Kier alpha value is -1.62. The molecule has 4 rings (SSSR count). The summed E-state index contributed by atoms with van der Waals surface area (Å²) in [5, 5.41) is 3.41. The van der Waals surface area contributed by atoms with Crippen LogP contribution in [0.3, 0.4) is 0 Å². The van der Waals surface area contributed by atoms with Gasteiger partial charge in [-0.2, -0.15) is 0 Å². The van der Waals surface area contributed by atoms with Crippen LogP contribution in [0.25, 0.3) is 0 Å². The van der Waals surface area contributed by atoms with Crippen LogP contribution in [0.4, 0.5) is 4.79 Å². The molecule has 5 heteroatoms. The Labute approximate surface area is 162 Å². The largest absolute Gasteiger partial charge is 0.376 e. The van der Waals surface area contributed by atoms with Crippen molar-refractivity contribution in [2.24, 2.45) is 16.7 Å². The fourth-order valence-electron chi connectivity index (χ4n) is 5.63. The molecule has 2 aliphatic carbocycles. The molecule has 0 radical (unpaired) electrons. The number of ether oxygens (including phenoxy) is 1. The molecule has 3 aliphatic rings. The summed E-state index contributed by atoms with van der Waals surface area (Å²) >= 11 is 0. The van der Waals surface area contributed by atoms with E-state index >= 15 is 0 Å². The molecule has 0 unspecified atom stereocenters. The number of carbonyl (C=O) groups is 1. The molecule has 27 heavy (non-hydrogen) atoms. The Morgan fingerprint density at radius 2 is 2.22 bits per heavy atom. The summed E-state index contributed by atoms with van der Waals surface area (Å²) in [7, 11) is 0. The van der Waals surface area contributed by atoms with Crippen LogP contribution in [-0.2, 0) is 11.3 Å². The average molecular weight is 372 g/mol. The van der Waals surface area contributed by atoms with Gasteiger partial charge in [-0.3, -0.25) is 4.98 Å². The molecule has 1 N–H and O–H groups in total. The summed E-state index contributed by atoms with van der Waals surface area (Å²) in [6, 6.07) is 4.27. The van der Waals surface area contributed by atoms with Gasteiger partial charge in [0.05, 0.1) is 6.10 Å². The lowest BCUT2D eigenvalue weighted by Crippen LogP contribution is -2.52. The predicted molar refractivity (Wildman–Crippen MR) is 105 cm³/mol. The van der Waals surface area contributed by atoms with Crippen molar-refractivity contribution in [3.8, 4) is 0 Å². The first-order valence-corrected chi connectivity index (χ1v) is 10.5. The quantitative estimate of drug-likeness (QED) is 0.851. The molecule has 2 bridgehead atoms. The number of fused-ring (bicyclic) bond motifs is 2. The number of carbonyl (C=O) groups excluding carboxylic acids is 1. The molecule has 3 fully saturated rings. The van der Waals surface area contributed by atoms with E-state index in [2.05, 4.69) is 31.1 Å². The number of aromatic nitrogens is 1. The molecular formula is C22H33N3O2. The number of hydrogen-bond donors (Lipinski definition) is 1. The number of urea groups is 1. The van der Waals surface area contributed by atoms with Crippen LogP contribution in [-0.4, -0.2) is 41.2 Å². The molecule has 2 heterocycles. The highest BCUT2D eigenvalue weighted by atomic mass is 16.5. The lowest BCUT2D eigenvalue weighted by Gasteiger charge is -2.40. The van der Waals surface area contributed by atoms with Crippen molar-refractivity contribution in [1.82, 2.24) is 15.2 Å². The van der Waals surface area contributed by atoms with Gasteiger partial charge in [0.2, 0.25) is 0 Å². The fraction of sp³-hybridized carbons (Fsp3) is 0.727. The topological polar surface area (TPSA) is 54.5 Å². The van der Waals surface area contributed by atoms with Crippen molar-refractivity contribution < 1.29 is 9.53 Å². The van der Waals surface area contributed by atoms with Crippen LogP contribution >= 0.6 is 0 Å². The van der Waals surface area contributed by atoms with E-state index in [1.165, 1.54) is 12.8 Å². The van der Waals surface area contributed by atoms with E-state index in [4.69, 9.17) is 4.74 Å². The van der Waals surface area contributed by atoms with E-state index < -0.39 is 0 Å². The minimum atomic E-state index is 0.0453. The van der Waals surface area contributed by atoms with Gasteiger partial charge >= 0.3 is 6.03 Å². The van der Waals surface area contributed by atoms with Gasteiger partial charge in [-0.15, -0.1) is 0 Å². The summed E-state index contributed by atoms with van der Waals surface area (Å²) in [6.07, 6.45) is 9.51. The lowest BCUT2D eigenvalue weighted by molar-refractivity contribution is 0.0748. The minimum Gasteiger partial charge on any atom is -0.376 e. The third-order valence-corrected chi connectivity index (χ3v) is 7.92.